The topological polar surface area (TPSA) is 133 Å². The van der Waals surface area contributed by atoms with Crippen molar-refractivity contribution in [3.05, 3.63) is 68.0 Å². The molecule has 0 aliphatic rings. The predicted octanol–water partition coefficient (Wildman–Crippen LogP) is 2.49. The van der Waals surface area contributed by atoms with E-state index in [9.17, 15) is 20.2 Å². The van der Waals surface area contributed by atoms with Gasteiger partial charge in [-0.3, -0.25) is 25.7 Å². The minimum atomic E-state index is -0.720. The number of non-ortho nitro benzene ring substituents is 1. The Morgan fingerprint density at radius 3 is 2.71 bits per heavy atom. The number of hydrogen-bond acceptors (Lipinski definition) is 8. The maximum absolute atomic E-state index is 11.0. The van der Waals surface area contributed by atoms with Gasteiger partial charge in [-0.05, 0) is 18.2 Å². The number of hydrogen-bond donors (Lipinski definition) is 1. The van der Waals surface area contributed by atoms with Crippen LogP contribution in [0.5, 0.6) is 0 Å². The summed E-state index contributed by atoms with van der Waals surface area (Å²) in [6, 6.07) is 8.51. The fraction of sp³-hybridized carbons (Fsp3) is 0.143. The van der Waals surface area contributed by atoms with Crippen molar-refractivity contribution in [2.75, 3.05) is 12.5 Å². The average molecular weight is 331 g/mol. The van der Waals surface area contributed by atoms with Gasteiger partial charge in [-0.15, -0.1) is 0 Å². The summed E-state index contributed by atoms with van der Waals surface area (Å²) >= 11 is 0. The van der Waals surface area contributed by atoms with Crippen molar-refractivity contribution in [1.82, 2.24) is 4.98 Å². The number of anilines is 1. The van der Waals surface area contributed by atoms with Gasteiger partial charge in [0.25, 0.3) is 5.69 Å². The fourth-order valence-corrected chi connectivity index (χ4v) is 1.85. The van der Waals surface area contributed by atoms with Crippen LogP contribution in [0.2, 0.25) is 0 Å². The molecule has 0 spiro atoms. The lowest BCUT2D eigenvalue weighted by Crippen LogP contribution is -2.00. The molecule has 1 aromatic carbocycles. The molecule has 0 aliphatic heterocycles. The van der Waals surface area contributed by atoms with Crippen LogP contribution in [-0.4, -0.2) is 28.2 Å². The third-order valence-corrected chi connectivity index (χ3v) is 2.89. The fourth-order valence-electron chi connectivity index (χ4n) is 1.85. The van der Waals surface area contributed by atoms with E-state index in [2.05, 4.69) is 15.5 Å². The molecule has 0 atom stereocenters. The standard InChI is InChI=1S/C14H13N5O5/c1-24-9-11-4-2-3-10(16-11)8-15-17-13-6-5-12(18(20)21)7-14(13)19(22)23/h2-8,17H,9H2,1H3/b15-8-. The molecule has 0 saturated carbocycles. The van der Waals surface area contributed by atoms with Crippen LogP contribution >= 0.6 is 0 Å². The van der Waals surface area contributed by atoms with Gasteiger partial charge in [-0.2, -0.15) is 5.10 Å². The molecule has 1 heterocycles. The Bertz CT molecular complexity index is 793. The molecule has 1 aromatic heterocycles. The van der Waals surface area contributed by atoms with Gasteiger partial charge in [-0.25, -0.2) is 4.98 Å². The van der Waals surface area contributed by atoms with Gasteiger partial charge < -0.3 is 4.74 Å². The van der Waals surface area contributed by atoms with Gasteiger partial charge in [0.05, 0.1) is 40.1 Å². The van der Waals surface area contributed by atoms with Crippen LogP contribution in [0, 0.1) is 20.2 Å². The Kier molecular flexibility index (Phi) is 5.47. The maximum Gasteiger partial charge on any atom is 0.301 e. The highest BCUT2D eigenvalue weighted by Crippen LogP contribution is 2.28. The Hall–Kier alpha value is -3.40. The Morgan fingerprint density at radius 2 is 2.04 bits per heavy atom. The van der Waals surface area contributed by atoms with Crippen LogP contribution in [-0.2, 0) is 11.3 Å². The van der Waals surface area contributed by atoms with Crippen molar-refractivity contribution in [2.24, 2.45) is 5.10 Å². The van der Waals surface area contributed by atoms with Crippen molar-refractivity contribution in [3.63, 3.8) is 0 Å². The normalized spacial score (nSPS) is 10.7. The van der Waals surface area contributed by atoms with Crippen molar-refractivity contribution < 1.29 is 14.6 Å². The van der Waals surface area contributed by atoms with E-state index in [1.807, 2.05) is 0 Å². The second-order valence-corrected chi connectivity index (χ2v) is 4.57. The molecule has 24 heavy (non-hydrogen) atoms. The van der Waals surface area contributed by atoms with Gasteiger partial charge in [-0.1, -0.05) is 6.07 Å². The van der Waals surface area contributed by atoms with E-state index in [1.54, 1.807) is 25.3 Å². The minimum Gasteiger partial charge on any atom is -0.378 e. The van der Waals surface area contributed by atoms with Crippen molar-refractivity contribution in [3.8, 4) is 0 Å². The highest BCUT2D eigenvalue weighted by atomic mass is 16.6. The monoisotopic (exact) mass is 331 g/mol. The summed E-state index contributed by atoms with van der Waals surface area (Å²) in [4.78, 5) is 24.5. The molecule has 124 valence electrons. The third kappa shape index (κ3) is 4.30. The average Bonchev–Trinajstić information content (AvgIpc) is 2.55. The number of ether oxygens (including phenoxy) is 1. The minimum absolute atomic E-state index is 0.0369. The summed E-state index contributed by atoms with van der Waals surface area (Å²) in [7, 11) is 1.55. The maximum atomic E-state index is 11.0. The molecule has 2 aromatic rings. The third-order valence-electron chi connectivity index (χ3n) is 2.89. The number of nitrogens with one attached hydrogen (secondary N) is 1. The van der Waals surface area contributed by atoms with Gasteiger partial charge in [0.15, 0.2) is 0 Å². The lowest BCUT2D eigenvalue weighted by Gasteiger charge is -2.02. The number of hydrazone groups is 1. The molecule has 10 heteroatoms. The first kappa shape index (κ1) is 17.0. The molecular weight excluding hydrogens is 318 g/mol. The molecular formula is C14H13N5O5. The van der Waals surface area contributed by atoms with Crippen LogP contribution in [0.15, 0.2) is 41.5 Å². The Labute approximate surface area is 136 Å². The zero-order chi connectivity index (χ0) is 17.5. The van der Waals surface area contributed by atoms with Crippen LogP contribution < -0.4 is 5.43 Å². The number of nitro benzene ring substituents is 2. The number of nitrogens with zero attached hydrogens (tertiary/aromatic N) is 4. The summed E-state index contributed by atoms with van der Waals surface area (Å²) < 4.78 is 4.98. The second kappa shape index (κ2) is 7.74. The van der Waals surface area contributed by atoms with Crippen LogP contribution in [0.4, 0.5) is 17.1 Å². The molecule has 0 radical (unpaired) electrons. The highest BCUT2D eigenvalue weighted by Gasteiger charge is 2.19. The van der Waals surface area contributed by atoms with E-state index < -0.39 is 15.5 Å². The molecule has 0 fully saturated rings. The highest BCUT2D eigenvalue weighted by molar-refractivity contribution is 5.78. The Morgan fingerprint density at radius 1 is 1.25 bits per heavy atom. The number of rotatable bonds is 7. The number of pyridine rings is 1. The van der Waals surface area contributed by atoms with Crippen LogP contribution in [0.3, 0.4) is 0 Å². The first-order chi connectivity index (χ1) is 11.5. The smallest absolute Gasteiger partial charge is 0.301 e. The first-order valence-electron chi connectivity index (χ1n) is 6.68. The molecule has 10 nitrogen and oxygen atoms in total. The Balaban J connectivity index is 2.17. The lowest BCUT2D eigenvalue weighted by atomic mass is 10.2. The van der Waals surface area contributed by atoms with Crippen molar-refractivity contribution in [2.45, 2.75) is 6.61 Å². The van der Waals surface area contributed by atoms with E-state index in [0.29, 0.717) is 18.0 Å². The zero-order valence-electron chi connectivity index (χ0n) is 12.6. The molecule has 0 unspecified atom stereocenters. The quantitative estimate of drug-likeness (QED) is 0.468. The van der Waals surface area contributed by atoms with E-state index in [4.69, 9.17) is 4.74 Å². The van der Waals surface area contributed by atoms with Crippen LogP contribution in [0.25, 0.3) is 0 Å². The lowest BCUT2D eigenvalue weighted by molar-refractivity contribution is -0.393. The number of nitro groups is 2. The van der Waals surface area contributed by atoms with Gasteiger partial charge >= 0.3 is 5.69 Å². The molecule has 2 rings (SSSR count). The van der Waals surface area contributed by atoms with Crippen LogP contribution in [0.1, 0.15) is 11.4 Å². The van der Waals surface area contributed by atoms with Crippen molar-refractivity contribution >= 4 is 23.3 Å². The zero-order valence-corrected chi connectivity index (χ0v) is 12.6. The summed E-state index contributed by atoms with van der Waals surface area (Å²) in [6.07, 6.45) is 1.38. The van der Waals surface area contributed by atoms with Gasteiger partial charge in [0.2, 0.25) is 0 Å². The summed E-state index contributed by atoms with van der Waals surface area (Å²) in [5, 5.41) is 25.6. The van der Waals surface area contributed by atoms with E-state index in [-0.39, 0.29) is 11.4 Å². The van der Waals surface area contributed by atoms with Gasteiger partial charge in [0.1, 0.15) is 5.69 Å². The molecule has 1 N–H and O–H groups in total. The van der Waals surface area contributed by atoms with E-state index >= 15 is 0 Å². The number of methoxy groups -OCH3 is 1. The summed E-state index contributed by atoms with van der Waals surface area (Å²) in [5.41, 5.74) is 2.96. The molecule has 0 bridgehead atoms. The largest absolute Gasteiger partial charge is 0.378 e. The van der Waals surface area contributed by atoms with Gasteiger partial charge in [0, 0.05) is 13.2 Å². The molecule has 0 amide bonds. The van der Waals surface area contributed by atoms with E-state index in [1.165, 1.54) is 12.3 Å². The predicted molar refractivity (Wildman–Crippen MR) is 85.9 cm³/mol. The summed E-state index contributed by atoms with van der Waals surface area (Å²) in [5.74, 6) is 0. The first-order valence-corrected chi connectivity index (χ1v) is 6.68. The number of aromatic nitrogens is 1. The second-order valence-electron chi connectivity index (χ2n) is 4.57. The SMILES string of the molecule is COCc1cccc(/C=N\Nc2ccc([N+](=O)[O-])cc2[N+](=O)[O-])n1. The van der Waals surface area contributed by atoms with Crippen molar-refractivity contribution in [1.29, 1.82) is 0 Å². The number of benzene rings is 1. The summed E-state index contributed by atoms with van der Waals surface area (Å²) in [6.45, 7) is 0.350. The molecule has 0 aliphatic carbocycles. The van der Waals surface area contributed by atoms with E-state index in [0.717, 1.165) is 12.1 Å². The molecule has 0 saturated heterocycles.